The van der Waals surface area contributed by atoms with Crippen molar-refractivity contribution in [1.82, 2.24) is 0 Å². The van der Waals surface area contributed by atoms with Crippen LogP contribution in [0.25, 0.3) is 0 Å². The molecule has 0 radical (unpaired) electrons. The molecule has 0 aliphatic heterocycles. The highest BCUT2D eigenvalue weighted by molar-refractivity contribution is 5.88. The molecule has 0 aliphatic carbocycles. The lowest BCUT2D eigenvalue weighted by molar-refractivity contribution is 0.0511. The average Bonchev–Trinajstić information content (AvgIpc) is 2.47. The number of aromatic carboxylic acids is 1. The Morgan fingerprint density at radius 3 is 2.40 bits per heavy atom. The van der Waals surface area contributed by atoms with Gasteiger partial charge in [-0.2, -0.15) is 0 Å². The van der Waals surface area contributed by atoms with Crippen molar-refractivity contribution in [1.29, 1.82) is 0 Å². The zero-order chi connectivity index (χ0) is 14.4. The van der Waals surface area contributed by atoms with E-state index in [-0.39, 0.29) is 12.4 Å². The molecule has 2 aromatic carbocycles. The van der Waals surface area contributed by atoms with Crippen molar-refractivity contribution in [3.05, 3.63) is 54.1 Å². The van der Waals surface area contributed by atoms with E-state index in [2.05, 4.69) is 0 Å². The molecule has 0 heterocycles. The number of benzene rings is 2. The first-order valence-electron chi connectivity index (χ1n) is 5.92. The molecule has 0 amide bonds. The van der Waals surface area contributed by atoms with Gasteiger partial charge in [0.25, 0.3) is 0 Å². The van der Waals surface area contributed by atoms with Gasteiger partial charge in [-0.1, -0.05) is 6.07 Å². The lowest BCUT2D eigenvalue weighted by Gasteiger charge is -2.08. The first kappa shape index (κ1) is 13.9. The summed E-state index contributed by atoms with van der Waals surface area (Å²) in [5.41, 5.74) is 0.183. The molecule has 5 heteroatoms. The van der Waals surface area contributed by atoms with E-state index < -0.39 is 5.97 Å². The van der Waals surface area contributed by atoms with Gasteiger partial charge in [0.05, 0.1) is 5.56 Å². The van der Waals surface area contributed by atoms with E-state index in [1.807, 2.05) is 0 Å². The van der Waals surface area contributed by atoms with Crippen LogP contribution in [0.15, 0.2) is 48.5 Å². The van der Waals surface area contributed by atoms with E-state index in [0.717, 1.165) is 0 Å². The number of methoxy groups -OCH3 is 1. The number of hydrogen-bond donors (Lipinski definition) is 1. The molecule has 1 N–H and O–H groups in total. The summed E-state index contributed by atoms with van der Waals surface area (Å²) >= 11 is 0. The van der Waals surface area contributed by atoms with Crippen molar-refractivity contribution in [2.45, 2.75) is 0 Å². The van der Waals surface area contributed by atoms with Gasteiger partial charge in [-0.25, -0.2) is 4.79 Å². The quantitative estimate of drug-likeness (QED) is 0.820. The number of ether oxygens (including phenoxy) is 3. The first-order chi connectivity index (χ1) is 9.69. The number of carboxylic acid groups (broad SMARTS) is 1. The third-order valence-corrected chi connectivity index (χ3v) is 2.48. The molecule has 104 valence electrons. The Labute approximate surface area is 116 Å². The van der Waals surface area contributed by atoms with Gasteiger partial charge in [0, 0.05) is 7.11 Å². The van der Waals surface area contributed by atoms with Crippen LogP contribution in [0.4, 0.5) is 0 Å². The fourth-order valence-electron chi connectivity index (χ4n) is 1.56. The zero-order valence-corrected chi connectivity index (χ0v) is 10.9. The summed E-state index contributed by atoms with van der Waals surface area (Å²) in [4.78, 5) is 10.9. The summed E-state index contributed by atoms with van der Waals surface area (Å²) in [5.74, 6) is 0.741. The molecular formula is C15H14O5. The molecule has 0 fully saturated rings. The summed E-state index contributed by atoms with van der Waals surface area (Å²) in [6, 6.07) is 13.3. The zero-order valence-electron chi connectivity index (χ0n) is 10.9. The normalized spacial score (nSPS) is 10.1. The second kappa shape index (κ2) is 6.58. The second-order valence-electron chi connectivity index (χ2n) is 3.96. The summed E-state index contributed by atoms with van der Waals surface area (Å²) in [6.07, 6.45) is 0. The number of carboxylic acids is 1. The monoisotopic (exact) mass is 274 g/mol. The van der Waals surface area contributed by atoms with Gasteiger partial charge >= 0.3 is 5.97 Å². The molecule has 0 saturated carbocycles. The van der Waals surface area contributed by atoms with Gasteiger partial charge in [0.2, 0.25) is 0 Å². The first-order valence-corrected chi connectivity index (χ1v) is 5.92. The Kier molecular flexibility index (Phi) is 4.57. The molecule has 0 atom stereocenters. The maximum atomic E-state index is 10.9. The highest BCUT2D eigenvalue weighted by Gasteiger charge is 2.04. The maximum absolute atomic E-state index is 10.9. The van der Waals surface area contributed by atoms with Crippen LogP contribution >= 0.6 is 0 Å². The summed E-state index contributed by atoms with van der Waals surface area (Å²) in [5, 5.41) is 8.91. The van der Waals surface area contributed by atoms with E-state index in [9.17, 15) is 4.79 Å². The number of hydrogen-bond acceptors (Lipinski definition) is 4. The molecule has 2 rings (SSSR count). The Bertz CT molecular complexity index is 577. The van der Waals surface area contributed by atoms with E-state index in [1.54, 1.807) is 43.5 Å². The SMILES string of the molecule is COCOc1ccc(Oc2cccc(C(=O)O)c2)cc1. The molecule has 0 bridgehead atoms. The average molecular weight is 274 g/mol. The van der Waals surface area contributed by atoms with Gasteiger partial charge < -0.3 is 19.3 Å². The van der Waals surface area contributed by atoms with Gasteiger partial charge in [0.15, 0.2) is 6.79 Å². The standard InChI is InChI=1S/C15H14O5/c1-18-10-19-12-5-7-13(8-6-12)20-14-4-2-3-11(9-14)15(16)17/h2-9H,10H2,1H3,(H,16,17). The van der Waals surface area contributed by atoms with E-state index in [4.69, 9.17) is 19.3 Å². The minimum Gasteiger partial charge on any atom is -0.478 e. The van der Waals surface area contributed by atoms with Crippen LogP contribution in [0.5, 0.6) is 17.2 Å². The molecule has 0 saturated heterocycles. The van der Waals surface area contributed by atoms with Crippen molar-refractivity contribution in [3.8, 4) is 17.2 Å². The highest BCUT2D eigenvalue weighted by atomic mass is 16.7. The fourth-order valence-corrected chi connectivity index (χ4v) is 1.56. The minimum atomic E-state index is -0.987. The smallest absolute Gasteiger partial charge is 0.335 e. The van der Waals surface area contributed by atoms with Crippen molar-refractivity contribution >= 4 is 5.97 Å². The van der Waals surface area contributed by atoms with Crippen LogP contribution in [0.3, 0.4) is 0 Å². The number of carbonyl (C=O) groups is 1. The third-order valence-electron chi connectivity index (χ3n) is 2.48. The molecular weight excluding hydrogens is 260 g/mol. The third kappa shape index (κ3) is 3.73. The fraction of sp³-hybridized carbons (Fsp3) is 0.133. The Balaban J connectivity index is 2.06. The van der Waals surface area contributed by atoms with Crippen LogP contribution in [-0.4, -0.2) is 25.0 Å². The molecule has 0 aliphatic rings. The largest absolute Gasteiger partial charge is 0.478 e. The van der Waals surface area contributed by atoms with Crippen molar-refractivity contribution in [2.24, 2.45) is 0 Å². The lowest BCUT2D eigenvalue weighted by atomic mass is 10.2. The van der Waals surface area contributed by atoms with Gasteiger partial charge in [-0.3, -0.25) is 0 Å². The Hall–Kier alpha value is -2.53. The topological polar surface area (TPSA) is 65.0 Å². The molecule has 2 aromatic rings. The van der Waals surface area contributed by atoms with Crippen molar-refractivity contribution in [3.63, 3.8) is 0 Å². The predicted octanol–water partition coefficient (Wildman–Crippen LogP) is 3.16. The lowest BCUT2D eigenvalue weighted by Crippen LogP contribution is -1.98. The van der Waals surface area contributed by atoms with Gasteiger partial charge in [-0.15, -0.1) is 0 Å². The predicted molar refractivity (Wildman–Crippen MR) is 72.4 cm³/mol. The van der Waals surface area contributed by atoms with Gasteiger partial charge in [-0.05, 0) is 42.5 Å². The van der Waals surface area contributed by atoms with E-state index in [1.165, 1.54) is 12.1 Å². The number of rotatable bonds is 6. The summed E-state index contributed by atoms with van der Waals surface area (Å²) in [7, 11) is 1.55. The molecule has 0 unspecified atom stereocenters. The molecule has 5 nitrogen and oxygen atoms in total. The van der Waals surface area contributed by atoms with Crippen molar-refractivity contribution < 1.29 is 24.1 Å². The maximum Gasteiger partial charge on any atom is 0.335 e. The highest BCUT2D eigenvalue weighted by Crippen LogP contribution is 2.24. The Morgan fingerprint density at radius 2 is 1.75 bits per heavy atom. The van der Waals surface area contributed by atoms with Crippen LogP contribution in [0, 0.1) is 0 Å². The summed E-state index contributed by atoms with van der Waals surface area (Å²) in [6.45, 7) is 0.181. The summed E-state index contributed by atoms with van der Waals surface area (Å²) < 4.78 is 15.6. The van der Waals surface area contributed by atoms with E-state index >= 15 is 0 Å². The van der Waals surface area contributed by atoms with Crippen LogP contribution in [0.2, 0.25) is 0 Å². The van der Waals surface area contributed by atoms with Gasteiger partial charge in [0.1, 0.15) is 17.2 Å². The Morgan fingerprint density at radius 1 is 1.05 bits per heavy atom. The molecule has 0 spiro atoms. The minimum absolute atomic E-state index is 0.181. The van der Waals surface area contributed by atoms with Crippen LogP contribution in [-0.2, 0) is 4.74 Å². The van der Waals surface area contributed by atoms with E-state index in [0.29, 0.717) is 17.2 Å². The van der Waals surface area contributed by atoms with Crippen molar-refractivity contribution in [2.75, 3.05) is 13.9 Å². The van der Waals surface area contributed by atoms with Crippen LogP contribution in [0.1, 0.15) is 10.4 Å². The molecule has 20 heavy (non-hydrogen) atoms. The van der Waals surface area contributed by atoms with Crippen LogP contribution < -0.4 is 9.47 Å². The molecule has 0 aromatic heterocycles. The second-order valence-corrected chi connectivity index (χ2v) is 3.96.